The number of aliphatic hydroxyl groups excluding tert-OH is 1. The van der Waals surface area contributed by atoms with Crippen molar-refractivity contribution in [2.45, 2.75) is 19.1 Å². The topological polar surface area (TPSA) is 77.2 Å². The SMILES string of the molecule is OC(COc1ccc2cc[nH]c2c1)CN1CCc2[nH]ncc2C1. The standard InChI is InChI=1S/C17H20N4O2/c22-14(10-21-6-4-16-13(9-21)8-19-20-16)11-23-15-2-1-12-3-5-18-17(12)7-15/h1-3,5,7-8,14,18,22H,4,6,9-11H2,(H,19,20). The van der Waals surface area contributed by atoms with Gasteiger partial charge in [0, 0.05) is 55.1 Å². The van der Waals surface area contributed by atoms with Crippen LogP contribution < -0.4 is 4.74 Å². The first-order valence-electron chi connectivity index (χ1n) is 7.89. The number of hydrogen-bond donors (Lipinski definition) is 3. The van der Waals surface area contributed by atoms with Crippen LogP contribution in [-0.4, -0.2) is 51.0 Å². The van der Waals surface area contributed by atoms with E-state index < -0.39 is 6.10 Å². The molecule has 0 spiro atoms. The Morgan fingerprint density at radius 1 is 1.35 bits per heavy atom. The summed E-state index contributed by atoms with van der Waals surface area (Å²) >= 11 is 0. The summed E-state index contributed by atoms with van der Waals surface area (Å²) in [4.78, 5) is 5.40. The van der Waals surface area contributed by atoms with E-state index in [1.165, 1.54) is 11.3 Å². The second-order valence-electron chi connectivity index (χ2n) is 6.05. The molecule has 0 bridgehead atoms. The van der Waals surface area contributed by atoms with E-state index in [2.05, 4.69) is 20.1 Å². The minimum Gasteiger partial charge on any atom is -0.491 e. The molecule has 0 amide bonds. The lowest BCUT2D eigenvalue weighted by Gasteiger charge is -2.28. The maximum absolute atomic E-state index is 10.2. The smallest absolute Gasteiger partial charge is 0.121 e. The van der Waals surface area contributed by atoms with Crippen LogP contribution in [-0.2, 0) is 13.0 Å². The third-order valence-corrected chi connectivity index (χ3v) is 4.32. The molecular formula is C17H20N4O2. The molecule has 23 heavy (non-hydrogen) atoms. The molecule has 0 aliphatic carbocycles. The average Bonchev–Trinajstić information content (AvgIpc) is 3.20. The molecule has 1 aromatic carbocycles. The number of hydrogen-bond acceptors (Lipinski definition) is 4. The van der Waals surface area contributed by atoms with Crippen molar-refractivity contribution in [1.29, 1.82) is 0 Å². The number of nitrogens with zero attached hydrogens (tertiary/aromatic N) is 2. The summed E-state index contributed by atoms with van der Waals surface area (Å²) in [6, 6.07) is 7.93. The van der Waals surface area contributed by atoms with Gasteiger partial charge in [0.2, 0.25) is 0 Å². The number of aromatic amines is 2. The number of aromatic nitrogens is 3. The number of H-pyrrole nitrogens is 2. The Hall–Kier alpha value is -2.31. The van der Waals surface area contributed by atoms with Crippen molar-refractivity contribution in [3.8, 4) is 5.75 Å². The van der Waals surface area contributed by atoms with Gasteiger partial charge in [-0.25, -0.2) is 0 Å². The molecular weight excluding hydrogens is 292 g/mol. The second-order valence-corrected chi connectivity index (χ2v) is 6.05. The lowest BCUT2D eigenvalue weighted by molar-refractivity contribution is 0.0637. The van der Waals surface area contributed by atoms with Gasteiger partial charge in [0.1, 0.15) is 18.5 Å². The van der Waals surface area contributed by atoms with Gasteiger partial charge < -0.3 is 14.8 Å². The van der Waals surface area contributed by atoms with Crippen molar-refractivity contribution < 1.29 is 9.84 Å². The molecule has 3 N–H and O–H groups in total. The molecule has 6 heteroatoms. The normalized spacial score (nSPS) is 16.4. The van der Waals surface area contributed by atoms with E-state index >= 15 is 0 Å². The molecule has 2 aromatic heterocycles. The molecule has 0 saturated heterocycles. The van der Waals surface area contributed by atoms with Gasteiger partial charge in [-0.15, -0.1) is 0 Å². The number of aliphatic hydroxyl groups is 1. The van der Waals surface area contributed by atoms with Crippen LogP contribution in [0.5, 0.6) is 5.75 Å². The highest BCUT2D eigenvalue weighted by atomic mass is 16.5. The van der Waals surface area contributed by atoms with E-state index in [0.717, 1.165) is 36.2 Å². The van der Waals surface area contributed by atoms with Crippen LogP contribution in [0.4, 0.5) is 0 Å². The predicted molar refractivity (Wildman–Crippen MR) is 87.4 cm³/mol. The summed E-state index contributed by atoms with van der Waals surface area (Å²) in [7, 11) is 0. The highest BCUT2D eigenvalue weighted by Gasteiger charge is 2.20. The highest BCUT2D eigenvalue weighted by molar-refractivity contribution is 5.80. The molecule has 1 aliphatic rings. The molecule has 0 saturated carbocycles. The quantitative estimate of drug-likeness (QED) is 0.670. The average molecular weight is 312 g/mol. The fourth-order valence-corrected chi connectivity index (χ4v) is 3.10. The van der Waals surface area contributed by atoms with Crippen LogP contribution in [0.15, 0.2) is 36.7 Å². The number of β-amino-alcohol motifs (C(OH)–C–C–N with tert-alkyl or cyclic N) is 1. The molecule has 3 aromatic rings. The zero-order valence-corrected chi connectivity index (χ0v) is 12.8. The van der Waals surface area contributed by atoms with Crippen molar-refractivity contribution in [2.24, 2.45) is 0 Å². The van der Waals surface area contributed by atoms with Gasteiger partial charge in [-0.05, 0) is 23.6 Å². The van der Waals surface area contributed by atoms with Crippen molar-refractivity contribution >= 4 is 10.9 Å². The Balaban J connectivity index is 1.31. The van der Waals surface area contributed by atoms with E-state index in [9.17, 15) is 5.11 Å². The molecule has 4 rings (SSSR count). The lowest BCUT2D eigenvalue weighted by Crippen LogP contribution is -2.38. The van der Waals surface area contributed by atoms with E-state index in [4.69, 9.17) is 4.74 Å². The highest BCUT2D eigenvalue weighted by Crippen LogP contribution is 2.20. The van der Waals surface area contributed by atoms with Crippen LogP contribution in [0.25, 0.3) is 10.9 Å². The molecule has 1 aliphatic heterocycles. The van der Waals surface area contributed by atoms with Gasteiger partial charge >= 0.3 is 0 Å². The molecule has 1 atom stereocenters. The molecule has 0 radical (unpaired) electrons. The summed E-state index contributed by atoms with van der Waals surface area (Å²) in [5, 5.41) is 18.5. The monoisotopic (exact) mass is 312 g/mol. The van der Waals surface area contributed by atoms with Gasteiger partial charge in [-0.1, -0.05) is 0 Å². The zero-order valence-electron chi connectivity index (χ0n) is 12.8. The lowest BCUT2D eigenvalue weighted by atomic mass is 10.1. The Morgan fingerprint density at radius 3 is 3.26 bits per heavy atom. The van der Waals surface area contributed by atoms with Gasteiger partial charge in [-0.2, -0.15) is 5.10 Å². The van der Waals surface area contributed by atoms with Gasteiger partial charge in [0.15, 0.2) is 0 Å². The van der Waals surface area contributed by atoms with Gasteiger partial charge in [0.25, 0.3) is 0 Å². The number of ether oxygens (including phenoxy) is 1. The third kappa shape index (κ3) is 3.09. The van der Waals surface area contributed by atoms with Crippen LogP contribution in [0.3, 0.4) is 0 Å². The van der Waals surface area contributed by atoms with Gasteiger partial charge in [0.05, 0.1) is 6.20 Å². The van der Waals surface area contributed by atoms with Crippen LogP contribution in [0.2, 0.25) is 0 Å². The minimum absolute atomic E-state index is 0.293. The number of nitrogens with one attached hydrogen (secondary N) is 2. The van der Waals surface area contributed by atoms with Crippen molar-refractivity contribution in [3.05, 3.63) is 47.9 Å². The Bertz CT molecular complexity index is 795. The minimum atomic E-state index is -0.511. The van der Waals surface area contributed by atoms with Crippen LogP contribution >= 0.6 is 0 Å². The Morgan fingerprint density at radius 2 is 2.30 bits per heavy atom. The van der Waals surface area contributed by atoms with Crippen molar-refractivity contribution in [2.75, 3.05) is 19.7 Å². The third-order valence-electron chi connectivity index (χ3n) is 4.32. The largest absolute Gasteiger partial charge is 0.491 e. The van der Waals surface area contributed by atoms with Crippen molar-refractivity contribution in [3.63, 3.8) is 0 Å². The summed E-state index contributed by atoms with van der Waals surface area (Å²) < 4.78 is 5.73. The fraction of sp³-hybridized carbons (Fsp3) is 0.353. The first kappa shape index (κ1) is 14.3. The molecule has 0 fully saturated rings. The number of fused-ring (bicyclic) bond motifs is 2. The summed E-state index contributed by atoms with van der Waals surface area (Å²) in [5.74, 6) is 0.773. The predicted octanol–water partition coefficient (Wildman–Crippen LogP) is 1.69. The van der Waals surface area contributed by atoms with E-state index in [-0.39, 0.29) is 0 Å². The molecule has 1 unspecified atom stereocenters. The van der Waals surface area contributed by atoms with E-state index in [1.54, 1.807) is 0 Å². The molecule has 120 valence electrons. The Kier molecular flexibility index (Phi) is 3.77. The van der Waals surface area contributed by atoms with E-state index in [1.807, 2.05) is 36.7 Å². The summed E-state index contributed by atoms with van der Waals surface area (Å²) in [6.07, 6.45) is 4.22. The fourth-order valence-electron chi connectivity index (χ4n) is 3.10. The Labute approximate surface area is 134 Å². The maximum atomic E-state index is 10.2. The summed E-state index contributed by atoms with van der Waals surface area (Å²) in [5.41, 5.74) is 3.48. The van der Waals surface area contributed by atoms with Gasteiger partial charge in [-0.3, -0.25) is 10.00 Å². The first-order valence-corrected chi connectivity index (χ1v) is 7.89. The molecule has 6 nitrogen and oxygen atoms in total. The van der Waals surface area contributed by atoms with Crippen LogP contribution in [0.1, 0.15) is 11.3 Å². The number of benzene rings is 1. The second kappa shape index (κ2) is 6.06. The van der Waals surface area contributed by atoms with E-state index in [0.29, 0.717) is 13.2 Å². The van der Waals surface area contributed by atoms with Crippen molar-refractivity contribution in [1.82, 2.24) is 20.1 Å². The number of rotatable bonds is 5. The first-order chi connectivity index (χ1) is 11.3. The maximum Gasteiger partial charge on any atom is 0.121 e. The summed E-state index contributed by atoms with van der Waals surface area (Å²) in [6.45, 7) is 2.66. The van der Waals surface area contributed by atoms with Crippen LogP contribution in [0, 0.1) is 0 Å². The molecule has 3 heterocycles. The zero-order chi connectivity index (χ0) is 15.6.